The Morgan fingerprint density at radius 3 is 1.14 bits per heavy atom. The topological polar surface area (TPSA) is 13.1 Å². The molecule has 0 aliphatic carbocycles. The van der Waals surface area contributed by atoms with Crippen molar-refractivity contribution in [1.29, 1.82) is 0 Å². The monoisotopic (exact) mass is 181 g/mol. The molecule has 0 spiro atoms. The van der Waals surface area contributed by atoms with E-state index in [1.54, 1.807) is 0 Å². The van der Waals surface area contributed by atoms with Crippen LogP contribution < -0.4 is 0 Å². The second-order valence-electron chi connectivity index (χ2n) is 0.424. The zero-order valence-corrected chi connectivity index (χ0v) is 4.81. The first-order chi connectivity index (χ1) is 3.35. The fourth-order valence-electron chi connectivity index (χ4n) is 0.0500. The Labute approximate surface area is 47.7 Å². The molecule has 0 aromatic heterocycles. The summed E-state index contributed by atoms with van der Waals surface area (Å²) in [5.74, 6) is 0. The van der Waals surface area contributed by atoms with Crippen LogP contribution in [-0.4, -0.2) is 0 Å². The van der Waals surface area contributed by atoms with Crippen molar-refractivity contribution in [2.24, 2.45) is 0 Å². The SMILES string of the molecule is [C-]#[N+][Rh]([N+]#[C-])[N+]#[C-]. The van der Waals surface area contributed by atoms with Crippen LogP contribution in [0.15, 0.2) is 0 Å². The molecule has 0 unspecified atom stereocenters. The van der Waals surface area contributed by atoms with Gasteiger partial charge in [-0.1, -0.05) is 0 Å². The van der Waals surface area contributed by atoms with Gasteiger partial charge in [0.1, 0.15) is 0 Å². The van der Waals surface area contributed by atoms with Crippen molar-refractivity contribution in [1.82, 2.24) is 0 Å². The molecule has 0 N–H and O–H groups in total. The standard InChI is InChI=1S/3CN.Rh/c3*1-2;/q3*-1;+3. The summed E-state index contributed by atoms with van der Waals surface area (Å²) in [6.45, 7) is 18.6. The Kier molecular flexibility index (Phi) is 2.86. The summed E-state index contributed by atoms with van der Waals surface area (Å²) in [6.07, 6.45) is 0. The van der Waals surface area contributed by atoms with E-state index >= 15 is 0 Å². The van der Waals surface area contributed by atoms with Crippen molar-refractivity contribution in [3.8, 4) is 0 Å². The van der Waals surface area contributed by atoms with E-state index in [1.165, 1.54) is 0 Å². The van der Waals surface area contributed by atoms with Crippen molar-refractivity contribution >= 4 is 0 Å². The van der Waals surface area contributed by atoms with Gasteiger partial charge in [0, 0.05) is 0 Å². The zero-order valence-electron chi connectivity index (χ0n) is 3.17. The van der Waals surface area contributed by atoms with Crippen LogP contribution in [0, 0.1) is 19.7 Å². The molecule has 0 bridgehead atoms. The van der Waals surface area contributed by atoms with Gasteiger partial charge in [0.15, 0.2) is 0 Å². The first-order valence-corrected chi connectivity index (χ1v) is 3.32. The molecule has 0 aliphatic rings. The van der Waals surface area contributed by atoms with Gasteiger partial charge >= 0.3 is 47.1 Å². The van der Waals surface area contributed by atoms with Gasteiger partial charge in [-0.2, -0.15) is 0 Å². The Morgan fingerprint density at radius 2 is 1.14 bits per heavy atom. The third-order valence-electron chi connectivity index (χ3n) is 0.200. The molecule has 3 nitrogen and oxygen atoms in total. The van der Waals surface area contributed by atoms with Crippen molar-refractivity contribution < 1.29 is 16.7 Å². The van der Waals surface area contributed by atoms with Gasteiger partial charge < -0.3 is 0 Å². The molecular weight excluding hydrogens is 181 g/mol. The molecule has 0 heterocycles. The van der Waals surface area contributed by atoms with E-state index in [-0.39, 0.29) is 0 Å². The number of hydrogen-bond donors (Lipinski definition) is 0. The van der Waals surface area contributed by atoms with Crippen LogP contribution in [0.4, 0.5) is 0 Å². The Balaban J connectivity index is 3.82. The van der Waals surface area contributed by atoms with Gasteiger partial charge in [-0.3, -0.25) is 0 Å². The average Bonchev–Trinajstić information content (AvgIpc) is 1.72. The summed E-state index contributed by atoms with van der Waals surface area (Å²) in [5.41, 5.74) is 0. The van der Waals surface area contributed by atoms with Crippen LogP contribution in [0.1, 0.15) is 0 Å². The molecule has 0 aromatic carbocycles. The predicted molar refractivity (Wildman–Crippen MR) is 19.8 cm³/mol. The second kappa shape index (κ2) is 3.29. The molecule has 0 fully saturated rings. The molecule has 0 saturated heterocycles. The third-order valence-corrected chi connectivity index (χ3v) is 1.18. The van der Waals surface area contributed by atoms with Crippen molar-refractivity contribution in [3.05, 3.63) is 30.5 Å². The molecular formula is C3N3Rh. The van der Waals surface area contributed by atoms with Gasteiger partial charge in [-0.15, -0.1) is 0 Å². The first-order valence-electron chi connectivity index (χ1n) is 1.12. The van der Waals surface area contributed by atoms with Crippen LogP contribution in [0.5, 0.6) is 0 Å². The van der Waals surface area contributed by atoms with E-state index in [0.717, 1.165) is 0 Å². The van der Waals surface area contributed by atoms with Gasteiger partial charge in [-0.05, 0) is 0 Å². The van der Waals surface area contributed by atoms with Gasteiger partial charge in [-0.25, -0.2) is 0 Å². The second-order valence-corrected chi connectivity index (χ2v) is 2.51. The molecule has 4 heteroatoms. The minimum absolute atomic E-state index is 2.22. The molecule has 0 aromatic rings. The van der Waals surface area contributed by atoms with E-state index in [4.69, 9.17) is 19.7 Å². The fourth-order valence-corrected chi connectivity index (χ4v) is 0.296. The van der Waals surface area contributed by atoms with Crippen LogP contribution in [-0.2, 0) is 16.7 Å². The van der Waals surface area contributed by atoms with E-state index in [9.17, 15) is 0 Å². The Hall–Kier alpha value is -0.907. The Morgan fingerprint density at radius 1 is 0.857 bits per heavy atom. The molecule has 0 atom stereocenters. The summed E-state index contributed by atoms with van der Waals surface area (Å²) in [7, 11) is 0. The normalized spacial score (nSPS) is 7.29. The van der Waals surface area contributed by atoms with E-state index in [2.05, 4.69) is 10.8 Å². The molecule has 0 radical (unpaired) electrons. The zero-order chi connectivity index (χ0) is 5.70. The van der Waals surface area contributed by atoms with Crippen LogP contribution in [0.3, 0.4) is 0 Å². The van der Waals surface area contributed by atoms with Gasteiger partial charge in [0.2, 0.25) is 0 Å². The van der Waals surface area contributed by atoms with Crippen molar-refractivity contribution in [2.45, 2.75) is 0 Å². The van der Waals surface area contributed by atoms with E-state index in [0.29, 0.717) is 0 Å². The fraction of sp³-hybridized carbons (Fsp3) is 0. The molecule has 7 heavy (non-hydrogen) atoms. The van der Waals surface area contributed by atoms with Gasteiger partial charge in [0.25, 0.3) is 0 Å². The number of hydrogen-bond acceptors (Lipinski definition) is 0. The first kappa shape index (κ1) is 6.09. The third kappa shape index (κ3) is 1.88. The molecule has 0 amide bonds. The predicted octanol–water partition coefficient (Wildman–Crippen LogP) is 1.11. The summed E-state index contributed by atoms with van der Waals surface area (Å²) in [5, 5.41) is 0. The van der Waals surface area contributed by atoms with E-state index < -0.39 is 16.7 Å². The van der Waals surface area contributed by atoms with E-state index in [1.807, 2.05) is 0 Å². The number of rotatable bonds is 0. The minimum atomic E-state index is -2.22. The molecule has 0 aliphatic heterocycles. The summed E-state index contributed by atoms with van der Waals surface area (Å²) in [4.78, 5) is 0. The molecule has 36 valence electrons. The molecule has 0 rings (SSSR count). The maximum atomic E-state index is 6.22. The van der Waals surface area contributed by atoms with Crippen LogP contribution >= 0.6 is 0 Å². The average molecular weight is 181 g/mol. The van der Waals surface area contributed by atoms with Crippen LogP contribution in [0.25, 0.3) is 10.8 Å². The van der Waals surface area contributed by atoms with Gasteiger partial charge in [0.05, 0.1) is 0 Å². The van der Waals surface area contributed by atoms with Crippen molar-refractivity contribution in [2.75, 3.05) is 0 Å². The summed E-state index contributed by atoms with van der Waals surface area (Å²) < 4.78 is 8.39. The van der Waals surface area contributed by atoms with Crippen LogP contribution in [0.2, 0.25) is 0 Å². The number of nitrogens with zero attached hydrogens (tertiary/aromatic N) is 3. The maximum absolute atomic E-state index is 6.22. The molecule has 0 saturated carbocycles. The summed E-state index contributed by atoms with van der Waals surface area (Å²) in [6, 6.07) is 0. The quantitative estimate of drug-likeness (QED) is 0.392. The van der Waals surface area contributed by atoms with Crippen molar-refractivity contribution in [3.63, 3.8) is 0 Å². The summed E-state index contributed by atoms with van der Waals surface area (Å²) >= 11 is -2.22. The Bertz CT molecular complexity index is 133.